The Morgan fingerprint density at radius 2 is 1.80 bits per heavy atom. The van der Waals surface area contributed by atoms with E-state index in [4.69, 9.17) is 0 Å². The number of hydrogen-bond donors (Lipinski definition) is 0. The molecule has 0 radical (unpaired) electrons. The number of nitrogens with zero attached hydrogens (tertiary/aromatic N) is 1. The standard InChI is InChI=1S/C7H2BrF6N/c8-5-4(6(10)11)2(9)1-3(15-5)7(12,13)14/h1,6H. The summed E-state index contributed by atoms with van der Waals surface area (Å²) < 4.78 is 72.4. The Balaban J connectivity index is 3.32. The van der Waals surface area contributed by atoms with Gasteiger partial charge in [0.15, 0.2) is 0 Å². The van der Waals surface area contributed by atoms with Crippen LogP contribution < -0.4 is 0 Å². The minimum atomic E-state index is -4.87. The van der Waals surface area contributed by atoms with Crippen molar-refractivity contribution in [2.45, 2.75) is 12.6 Å². The van der Waals surface area contributed by atoms with Crippen molar-refractivity contribution < 1.29 is 26.3 Å². The van der Waals surface area contributed by atoms with Gasteiger partial charge < -0.3 is 0 Å². The molecular weight excluding hydrogens is 292 g/mol. The van der Waals surface area contributed by atoms with Gasteiger partial charge in [0.25, 0.3) is 6.43 Å². The van der Waals surface area contributed by atoms with E-state index in [2.05, 4.69) is 20.9 Å². The van der Waals surface area contributed by atoms with Crippen LogP contribution in [0.15, 0.2) is 10.7 Å². The van der Waals surface area contributed by atoms with E-state index in [0.29, 0.717) is 0 Å². The molecule has 1 aromatic heterocycles. The van der Waals surface area contributed by atoms with Crippen LogP contribution in [-0.4, -0.2) is 4.98 Å². The minimum absolute atomic E-state index is 0.0632. The van der Waals surface area contributed by atoms with Crippen LogP contribution in [0.25, 0.3) is 0 Å². The van der Waals surface area contributed by atoms with Crippen LogP contribution in [0.1, 0.15) is 17.7 Å². The number of hydrogen-bond acceptors (Lipinski definition) is 1. The van der Waals surface area contributed by atoms with Gasteiger partial charge >= 0.3 is 6.18 Å². The van der Waals surface area contributed by atoms with Crippen LogP contribution in [0, 0.1) is 5.82 Å². The smallest absolute Gasteiger partial charge is 0.236 e. The molecule has 0 aliphatic rings. The van der Waals surface area contributed by atoms with E-state index in [1.807, 2.05) is 0 Å². The van der Waals surface area contributed by atoms with E-state index >= 15 is 0 Å². The summed E-state index contributed by atoms with van der Waals surface area (Å²) in [6.45, 7) is 0. The molecule has 0 saturated carbocycles. The maximum absolute atomic E-state index is 12.8. The molecule has 0 aliphatic heterocycles. The fourth-order valence-electron chi connectivity index (χ4n) is 0.834. The molecule has 0 atom stereocenters. The number of rotatable bonds is 1. The van der Waals surface area contributed by atoms with Crippen molar-refractivity contribution in [2.75, 3.05) is 0 Å². The zero-order valence-electron chi connectivity index (χ0n) is 6.75. The second kappa shape index (κ2) is 3.99. The summed E-state index contributed by atoms with van der Waals surface area (Å²) in [6, 6.07) is -0.0632. The van der Waals surface area contributed by atoms with E-state index in [1.54, 1.807) is 0 Å². The zero-order chi connectivity index (χ0) is 11.8. The first-order valence-corrected chi connectivity index (χ1v) is 4.24. The summed E-state index contributed by atoms with van der Waals surface area (Å²) in [5, 5.41) is 0. The predicted molar refractivity (Wildman–Crippen MR) is 41.9 cm³/mol. The Kier molecular flexibility index (Phi) is 3.27. The number of halogens is 7. The highest BCUT2D eigenvalue weighted by Crippen LogP contribution is 2.34. The number of alkyl halides is 5. The second-order valence-corrected chi connectivity index (χ2v) is 3.24. The molecule has 84 valence electrons. The van der Waals surface area contributed by atoms with Crippen molar-refractivity contribution >= 4 is 15.9 Å². The highest BCUT2D eigenvalue weighted by molar-refractivity contribution is 9.10. The van der Waals surface area contributed by atoms with Crippen LogP contribution in [0.5, 0.6) is 0 Å². The average Bonchev–Trinajstić information content (AvgIpc) is 1.99. The van der Waals surface area contributed by atoms with Gasteiger partial charge in [-0.15, -0.1) is 0 Å². The summed E-state index contributed by atoms with van der Waals surface area (Å²) in [5.41, 5.74) is -2.74. The summed E-state index contributed by atoms with van der Waals surface area (Å²) in [7, 11) is 0. The van der Waals surface area contributed by atoms with Crippen molar-refractivity contribution in [2.24, 2.45) is 0 Å². The molecule has 1 rings (SSSR count). The Morgan fingerprint density at radius 1 is 1.27 bits per heavy atom. The van der Waals surface area contributed by atoms with Gasteiger partial charge in [0.2, 0.25) is 0 Å². The maximum atomic E-state index is 12.8. The molecule has 0 spiro atoms. The predicted octanol–water partition coefficient (Wildman–Crippen LogP) is 3.94. The van der Waals surface area contributed by atoms with Gasteiger partial charge in [0.1, 0.15) is 16.1 Å². The third kappa shape index (κ3) is 2.61. The largest absolute Gasteiger partial charge is 0.433 e. The molecule has 0 amide bonds. The lowest BCUT2D eigenvalue weighted by molar-refractivity contribution is -0.141. The molecule has 1 heterocycles. The lowest BCUT2D eigenvalue weighted by Gasteiger charge is -2.09. The normalized spacial score (nSPS) is 12.3. The van der Waals surface area contributed by atoms with Gasteiger partial charge in [-0.05, 0) is 15.9 Å². The lowest BCUT2D eigenvalue weighted by atomic mass is 10.2. The average molecular weight is 294 g/mol. The molecule has 0 aromatic carbocycles. The van der Waals surface area contributed by atoms with Crippen LogP contribution in [-0.2, 0) is 6.18 Å². The molecule has 0 unspecified atom stereocenters. The topological polar surface area (TPSA) is 12.9 Å². The fourth-order valence-corrected chi connectivity index (χ4v) is 1.39. The van der Waals surface area contributed by atoms with Crippen molar-refractivity contribution in [3.8, 4) is 0 Å². The third-order valence-electron chi connectivity index (χ3n) is 1.47. The quantitative estimate of drug-likeness (QED) is 0.564. The third-order valence-corrected chi connectivity index (χ3v) is 2.07. The summed E-state index contributed by atoms with van der Waals surface area (Å²) in [6.07, 6.45) is -8.10. The molecular formula is C7H2BrF6N. The molecule has 0 aliphatic carbocycles. The first kappa shape index (κ1) is 12.3. The van der Waals surface area contributed by atoms with E-state index in [1.165, 1.54) is 0 Å². The summed E-state index contributed by atoms with van der Waals surface area (Å²) >= 11 is 2.36. The van der Waals surface area contributed by atoms with Crippen molar-refractivity contribution in [1.82, 2.24) is 4.98 Å². The van der Waals surface area contributed by atoms with Crippen LogP contribution in [0.3, 0.4) is 0 Å². The second-order valence-electron chi connectivity index (χ2n) is 2.49. The number of aromatic nitrogens is 1. The first-order valence-electron chi connectivity index (χ1n) is 3.44. The van der Waals surface area contributed by atoms with Crippen molar-refractivity contribution in [3.63, 3.8) is 0 Å². The van der Waals surface area contributed by atoms with Crippen LogP contribution >= 0.6 is 15.9 Å². The lowest BCUT2D eigenvalue weighted by Crippen LogP contribution is -2.10. The highest BCUT2D eigenvalue weighted by Gasteiger charge is 2.35. The van der Waals surface area contributed by atoms with Gasteiger partial charge in [-0.25, -0.2) is 18.2 Å². The Hall–Kier alpha value is -0.790. The summed E-state index contributed by atoms with van der Waals surface area (Å²) in [4.78, 5) is 2.80. The molecule has 0 fully saturated rings. The first-order chi connectivity index (χ1) is 6.73. The Labute approximate surface area is 88.2 Å². The SMILES string of the molecule is Fc1cc(C(F)(F)F)nc(Br)c1C(F)F. The van der Waals surface area contributed by atoms with Crippen molar-refractivity contribution in [3.05, 3.63) is 27.7 Å². The molecule has 0 N–H and O–H groups in total. The summed E-state index contributed by atoms with van der Waals surface area (Å²) in [5.74, 6) is -1.64. The van der Waals surface area contributed by atoms with E-state index in [9.17, 15) is 26.3 Å². The minimum Gasteiger partial charge on any atom is -0.236 e. The molecule has 8 heteroatoms. The van der Waals surface area contributed by atoms with Crippen molar-refractivity contribution in [1.29, 1.82) is 0 Å². The Morgan fingerprint density at radius 3 is 2.13 bits per heavy atom. The van der Waals surface area contributed by atoms with E-state index in [-0.39, 0.29) is 6.07 Å². The van der Waals surface area contributed by atoms with Crippen LogP contribution in [0.4, 0.5) is 26.3 Å². The van der Waals surface area contributed by atoms with Gasteiger partial charge in [0, 0.05) is 6.07 Å². The highest BCUT2D eigenvalue weighted by atomic mass is 79.9. The number of pyridine rings is 1. The monoisotopic (exact) mass is 293 g/mol. The molecule has 1 aromatic rings. The van der Waals surface area contributed by atoms with Gasteiger partial charge in [-0.1, -0.05) is 0 Å². The zero-order valence-corrected chi connectivity index (χ0v) is 8.33. The van der Waals surface area contributed by atoms with E-state index < -0.39 is 34.3 Å². The fraction of sp³-hybridized carbons (Fsp3) is 0.286. The van der Waals surface area contributed by atoms with E-state index in [0.717, 1.165) is 0 Å². The van der Waals surface area contributed by atoms with Crippen LogP contribution in [0.2, 0.25) is 0 Å². The maximum Gasteiger partial charge on any atom is 0.433 e. The van der Waals surface area contributed by atoms with Gasteiger partial charge in [0.05, 0.1) is 5.56 Å². The molecule has 0 bridgehead atoms. The molecule has 15 heavy (non-hydrogen) atoms. The molecule has 0 saturated heterocycles. The molecule has 1 nitrogen and oxygen atoms in total. The Bertz CT molecular complexity index is 351. The van der Waals surface area contributed by atoms with Gasteiger partial charge in [-0.2, -0.15) is 13.2 Å². The van der Waals surface area contributed by atoms with Gasteiger partial charge in [-0.3, -0.25) is 0 Å².